The summed E-state index contributed by atoms with van der Waals surface area (Å²) in [5.74, 6) is -0.658. The van der Waals surface area contributed by atoms with Crippen molar-refractivity contribution in [3.8, 4) is 0 Å². The van der Waals surface area contributed by atoms with Gasteiger partial charge in [0.05, 0.1) is 7.11 Å². The van der Waals surface area contributed by atoms with E-state index in [9.17, 15) is 13.6 Å². The van der Waals surface area contributed by atoms with Crippen molar-refractivity contribution in [2.45, 2.75) is 6.04 Å². The summed E-state index contributed by atoms with van der Waals surface area (Å²) >= 11 is 0. The van der Waals surface area contributed by atoms with Crippen LogP contribution in [0.4, 0.5) is 8.78 Å². The first kappa shape index (κ1) is 10.6. The fraction of sp³-hybridized carbons (Fsp3) is 0.500. The van der Waals surface area contributed by atoms with Crippen LogP contribution in [0.3, 0.4) is 0 Å². The van der Waals surface area contributed by atoms with Gasteiger partial charge in [0, 0.05) is 6.20 Å². The van der Waals surface area contributed by atoms with Gasteiger partial charge in [-0.2, -0.15) is 5.10 Å². The molecule has 6 heteroatoms. The normalized spacial score (nSPS) is 10.6. The minimum Gasteiger partial charge on any atom is -0.464 e. The molecule has 0 saturated carbocycles. The van der Waals surface area contributed by atoms with E-state index in [2.05, 4.69) is 9.84 Å². The van der Waals surface area contributed by atoms with Crippen molar-refractivity contribution in [1.82, 2.24) is 9.78 Å². The fourth-order valence-electron chi connectivity index (χ4n) is 1.04. The maximum Gasteiger partial charge on any atom is 0.356 e. The molecule has 78 valence electrons. The number of carbonyl (C=O) groups excluding carboxylic acids is 1. The van der Waals surface area contributed by atoms with Crippen LogP contribution in [0.25, 0.3) is 0 Å². The monoisotopic (exact) mass is 204 g/mol. The molecule has 0 amide bonds. The first-order valence-electron chi connectivity index (χ1n) is 3.98. The van der Waals surface area contributed by atoms with Gasteiger partial charge in [0.1, 0.15) is 25.1 Å². The SMILES string of the molecule is COC(=O)c1ccnn1C(CF)CF. The van der Waals surface area contributed by atoms with E-state index in [1.54, 1.807) is 0 Å². The minimum absolute atomic E-state index is 0.0489. The Balaban J connectivity index is 2.96. The lowest BCUT2D eigenvalue weighted by Crippen LogP contribution is -2.20. The van der Waals surface area contributed by atoms with E-state index in [0.717, 1.165) is 4.68 Å². The maximum atomic E-state index is 12.3. The van der Waals surface area contributed by atoms with E-state index in [1.807, 2.05) is 0 Å². The third kappa shape index (κ3) is 1.89. The summed E-state index contributed by atoms with van der Waals surface area (Å²) in [4.78, 5) is 11.1. The van der Waals surface area contributed by atoms with Crippen LogP contribution in [0.15, 0.2) is 12.3 Å². The second-order valence-electron chi connectivity index (χ2n) is 2.62. The fourth-order valence-corrected chi connectivity index (χ4v) is 1.04. The number of hydrogen-bond acceptors (Lipinski definition) is 3. The number of ether oxygens (including phenoxy) is 1. The molecule has 0 spiro atoms. The summed E-state index contributed by atoms with van der Waals surface area (Å²) in [5, 5.41) is 3.66. The summed E-state index contributed by atoms with van der Waals surface area (Å²) in [5.41, 5.74) is 0.0489. The molecule has 0 fully saturated rings. The van der Waals surface area contributed by atoms with Gasteiger partial charge in [-0.05, 0) is 6.07 Å². The molecule has 0 saturated heterocycles. The first-order valence-corrected chi connectivity index (χ1v) is 3.98. The molecule has 0 bridgehead atoms. The highest BCUT2D eigenvalue weighted by atomic mass is 19.1. The van der Waals surface area contributed by atoms with E-state index in [4.69, 9.17) is 0 Å². The average Bonchev–Trinajstić information content (AvgIpc) is 2.68. The zero-order valence-corrected chi connectivity index (χ0v) is 7.61. The minimum atomic E-state index is -1.06. The molecule has 14 heavy (non-hydrogen) atoms. The van der Waals surface area contributed by atoms with Crippen LogP contribution < -0.4 is 0 Å². The molecule has 1 rings (SSSR count). The van der Waals surface area contributed by atoms with Crippen molar-refractivity contribution >= 4 is 5.97 Å². The summed E-state index contributed by atoms with van der Waals surface area (Å²) in [7, 11) is 1.19. The summed E-state index contributed by atoms with van der Waals surface area (Å²) in [6.45, 7) is -1.83. The Morgan fingerprint density at radius 2 is 2.29 bits per heavy atom. The van der Waals surface area contributed by atoms with Gasteiger partial charge in [-0.1, -0.05) is 0 Å². The van der Waals surface area contributed by atoms with E-state index < -0.39 is 25.4 Å². The van der Waals surface area contributed by atoms with Crippen LogP contribution in [0.2, 0.25) is 0 Å². The van der Waals surface area contributed by atoms with Crippen molar-refractivity contribution < 1.29 is 18.3 Å². The molecule has 0 atom stereocenters. The maximum absolute atomic E-state index is 12.3. The van der Waals surface area contributed by atoms with Gasteiger partial charge in [-0.15, -0.1) is 0 Å². The zero-order valence-electron chi connectivity index (χ0n) is 7.61. The van der Waals surface area contributed by atoms with E-state index in [-0.39, 0.29) is 5.69 Å². The smallest absolute Gasteiger partial charge is 0.356 e. The number of rotatable bonds is 4. The molecule has 0 aliphatic heterocycles. The third-order valence-corrected chi connectivity index (χ3v) is 1.77. The Labute approximate surface area is 79.5 Å². The Morgan fingerprint density at radius 1 is 1.64 bits per heavy atom. The molecule has 0 aliphatic carbocycles. The summed E-state index contributed by atoms with van der Waals surface area (Å²) < 4.78 is 30.1. The molecule has 0 N–H and O–H groups in total. The first-order chi connectivity index (χ1) is 6.74. The number of hydrogen-bond donors (Lipinski definition) is 0. The van der Waals surface area contributed by atoms with Gasteiger partial charge < -0.3 is 4.74 Å². The highest BCUT2D eigenvalue weighted by Crippen LogP contribution is 2.11. The quantitative estimate of drug-likeness (QED) is 0.691. The third-order valence-electron chi connectivity index (χ3n) is 1.77. The van der Waals surface area contributed by atoms with E-state index >= 15 is 0 Å². The molecule has 1 aromatic heterocycles. The largest absolute Gasteiger partial charge is 0.464 e. The van der Waals surface area contributed by atoms with Crippen molar-refractivity contribution in [3.63, 3.8) is 0 Å². The average molecular weight is 204 g/mol. The van der Waals surface area contributed by atoms with Crippen LogP contribution >= 0.6 is 0 Å². The number of nitrogens with zero attached hydrogens (tertiary/aromatic N) is 2. The molecule has 0 radical (unpaired) electrons. The Bertz CT molecular complexity index is 310. The number of halogens is 2. The van der Waals surface area contributed by atoms with Gasteiger partial charge in [-0.25, -0.2) is 18.3 Å². The van der Waals surface area contributed by atoms with Gasteiger partial charge >= 0.3 is 5.97 Å². The number of aromatic nitrogens is 2. The van der Waals surface area contributed by atoms with E-state index in [0.29, 0.717) is 0 Å². The molecule has 0 aromatic carbocycles. The predicted octanol–water partition coefficient (Wildman–Crippen LogP) is 1.15. The predicted molar refractivity (Wildman–Crippen MR) is 44.6 cm³/mol. The molecule has 1 aromatic rings. The van der Waals surface area contributed by atoms with Crippen molar-refractivity contribution in [2.75, 3.05) is 20.5 Å². The molecule has 0 unspecified atom stereocenters. The van der Waals surface area contributed by atoms with Crippen molar-refractivity contribution in [1.29, 1.82) is 0 Å². The Kier molecular flexibility index (Phi) is 3.55. The number of esters is 1. The lowest BCUT2D eigenvalue weighted by atomic mass is 10.3. The highest BCUT2D eigenvalue weighted by molar-refractivity contribution is 5.87. The van der Waals surface area contributed by atoms with Crippen LogP contribution in [-0.4, -0.2) is 36.2 Å². The second kappa shape index (κ2) is 4.69. The summed E-state index contributed by atoms with van der Waals surface area (Å²) in [6.07, 6.45) is 1.30. The van der Waals surface area contributed by atoms with Gasteiger partial charge in [0.15, 0.2) is 0 Å². The molecular formula is C8H10F2N2O2. The Morgan fingerprint density at radius 3 is 2.79 bits per heavy atom. The number of carbonyl (C=O) groups is 1. The molecular weight excluding hydrogens is 194 g/mol. The van der Waals surface area contributed by atoms with Crippen LogP contribution in [0.5, 0.6) is 0 Å². The van der Waals surface area contributed by atoms with Crippen molar-refractivity contribution in [3.05, 3.63) is 18.0 Å². The van der Waals surface area contributed by atoms with Crippen LogP contribution in [0, 0.1) is 0 Å². The van der Waals surface area contributed by atoms with Crippen LogP contribution in [0.1, 0.15) is 16.5 Å². The van der Waals surface area contributed by atoms with Crippen LogP contribution in [-0.2, 0) is 4.74 Å². The van der Waals surface area contributed by atoms with Gasteiger partial charge in [0.2, 0.25) is 0 Å². The number of methoxy groups -OCH3 is 1. The number of alkyl halides is 2. The van der Waals surface area contributed by atoms with E-state index in [1.165, 1.54) is 19.4 Å². The topological polar surface area (TPSA) is 44.1 Å². The lowest BCUT2D eigenvalue weighted by Gasteiger charge is -2.11. The van der Waals surface area contributed by atoms with Crippen molar-refractivity contribution in [2.24, 2.45) is 0 Å². The second-order valence-corrected chi connectivity index (χ2v) is 2.62. The van der Waals surface area contributed by atoms with Gasteiger partial charge in [-0.3, -0.25) is 0 Å². The highest BCUT2D eigenvalue weighted by Gasteiger charge is 2.19. The molecule has 0 aliphatic rings. The van der Waals surface area contributed by atoms with Gasteiger partial charge in [0.25, 0.3) is 0 Å². The molecule has 4 nitrogen and oxygen atoms in total. The Hall–Kier alpha value is -1.46. The zero-order chi connectivity index (χ0) is 10.6. The standard InChI is InChI=1S/C8H10F2N2O2/c1-14-8(13)7-2-3-11-12(7)6(4-9)5-10/h2-3,6H,4-5H2,1H3. The summed E-state index contributed by atoms with van der Waals surface area (Å²) in [6, 6.07) is 0.295. The molecule has 1 heterocycles. The lowest BCUT2D eigenvalue weighted by molar-refractivity contribution is 0.0581.